The molecule has 0 spiro atoms. The fourth-order valence-corrected chi connectivity index (χ4v) is 5.14. The maximum Gasteiger partial charge on any atom is 0.342 e. The van der Waals surface area contributed by atoms with Crippen molar-refractivity contribution in [3.63, 3.8) is 0 Å². The minimum atomic E-state index is -3.75. The van der Waals surface area contributed by atoms with E-state index in [1.54, 1.807) is 32.9 Å². The fourth-order valence-electron chi connectivity index (χ4n) is 4.19. The van der Waals surface area contributed by atoms with Crippen molar-refractivity contribution < 1.29 is 36.2 Å². The predicted molar refractivity (Wildman–Crippen MR) is 135 cm³/mol. The third-order valence-electron chi connectivity index (χ3n) is 5.75. The van der Waals surface area contributed by atoms with Gasteiger partial charge in [-0.05, 0) is 56.7 Å². The number of hydrogen-bond donors (Lipinski definition) is 0. The Hall–Kier alpha value is -3.21. The zero-order valence-electron chi connectivity index (χ0n) is 20.5. The highest BCUT2D eigenvalue weighted by atomic mass is 32.2. The summed E-state index contributed by atoms with van der Waals surface area (Å²) in [4.78, 5) is 12.9. The molecule has 192 valence electrons. The Labute approximate surface area is 209 Å². The number of nitrogens with zero attached hydrogens (tertiary/aromatic N) is 1. The molecule has 0 aliphatic carbocycles. The van der Waals surface area contributed by atoms with Gasteiger partial charge in [-0.1, -0.05) is 12.7 Å². The Morgan fingerprint density at radius 2 is 1.97 bits per heavy atom. The molecule has 1 saturated heterocycles. The molecule has 8 nitrogen and oxygen atoms in total. The summed E-state index contributed by atoms with van der Waals surface area (Å²) in [5.74, 6) is -1.68. The molecule has 1 aliphatic rings. The van der Waals surface area contributed by atoms with Crippen LogP contribution >= 0.6 is 0 Å². The Balaban J connectivity index is 1.89. The van der Waals surface area contributed by atoms with Crippen molar-refractivity contribution in [3.05, 3.63) is 59.9 Å². The second-order valence-electron chi connectivity index (χ2n) is 8.89. The van der Waals surface area contributed by atoms with Gasteiger partial charge < -0.3 is 18.6 Å². The lowest BCUT2D eigenvalue weighted by Gasteiger charge is -2.27. The molecule has 0 amide bonds. The van der Waals surface area contributed by atoms with Gasteiger partial charge in [-0.25, -0.2) is 17.6 Å². The summed E-state index contributed by atoms with van der Waals surface area (Å²) in [5, 5.41) is 0.418. The number of anilines is 1. The Morgan fingerprint density at radius 1 is 1.28 bits per heavy atom. The van der Waals surface area contributed by atoms with Crippen molar-refractivity contribution in [2.75, 3.05) is 30.3 Å². The molecule has 0 unspecified atom stereocenters. The van der Waals surface area contributed by atoms with Crippen molar-refractivity contribution >= 4 is 38.7 Å². The molecule has 0 N–H and O–H groups in total. The first-order valence-corrected chi connectivity index (χ1v) is 13.2. The van der Waals surface area contributed by atoms with Crippen LogP contribution < -0.4 is 4.31 Å². The van der Waals surface area contributed by atoms with E-state index in [4.69, 9.17) is 18.6 Å². The molecule has 10 heteroatoms. The first kappa shape index (κ1) is 25.9. The first-order chi connectivity index (χ1) is 16.9. The van der Waals surface area contributed by atoms with Gasteiger partial charge in [0, 0.05) is 17.0 Å². The lowest BCUT2D eigenvalue weighted by atomic mass is 10.0. The average molecular weight is 518 g/mol. The van der Waals surface area contributed by atoms with E-state index in [0.29, 0.717) is 22.2 Å². The predicted octanol–water partition coefficient (Wildman–Crippen LogP) is 4.98. The number of ether oxygens (including phenoxy) is 3. The molecule has 0 bridgehead atoms. The van der Waals surface area contributed by atoms with Crippen LogP contribution in [0.3, 0.4) is 0 Å². The minimum Gasteiger partial charge on any atom is -0.462 e. The second-order valence-corrected chi connectivity index (χ2v) is 10.8. The molecule has 2 aromatic carbocycles. The van der Waals surface area contributed by atoms with E-state index in [-0.39, 0.29) is 36.7 Å². The summed E-state index contributed by atoms with van der Waals surface area (Å²) >= 11 is 0. The maximum absolute atomic E-state index is 13.5. The highest BCUT2D eigenvalue weighted by Gasteiger charge is 2.36. The molecular weight excluding hydrogens is 489 g/mol. The van der Waals surface area contributed by atoms with Crippen LogP contribution in [-0.2, 0) is 24.2 Å². The quantitative estimate of drug-likeness (QED) is 0.389. The number of benzene rings is 2. The monoisotopic (exact) mass is 517 g/mol. The van der Waals surface area contributed by atoms with Crippen LogP contribution in [0.2, 0.25) is 0 Å². The van der Waals surface area contributed by atoms with Gasteiger partial charge >= 0.3 is 5.97 Å². The van der Waals surface area contributed by atoms with E-state index in [0.717, 1.165) is 6.26 Å². The maximum atomic E-state index is 13.5. The van der Waals surface area contributed by atoms with Gasteiger partial charge in [0.1, 0.15) is 28.8 Å². The fraction of sp³-hybridized carbons (Fsp3) is 0.346. The number of halogens is 1. The Morgan fingerprint density at radius 3 is 2.53 bits per heavy atom. The SMILES string of the molecule is C=Cc1cc2c(C(=O)OCC)c(-c3ccc(F)cc3)oc2cc1N(C[C@H]1COC(C)(C)O1)S(C)(=O)=O. The summed E-state index contributed by atoms with van der Waals surface area (Å²) < 4.78 is 63.2. The lowest BCUT2D eigenvalue weighted by molar-refractivity contribution is -0.136. The van der Waals surface area contributed by atoms with E-state index >= 15 is 0 Å². The molecular formula is C26H28FNO7S. The topological polar surface area (TPSA) is 95.3 Å². The first-order valence-electron chi connectivity index (χ1n) is 11.4. The zero-order valence-corrected chi connectivity index (χ0v) is 21.4. The van der Waals surface area contributed by atoms with Crippen molar-refractivity contribution in [3.8, 4) is 11.3 Å². The standard InChI is InChI=1S/C26H28FNO7S/c1-6-16-12-20-22(13-21(16)28(36(5,30)31)14-19-15-33-26(3,4)35-19)34-24(23(20)25(29)32-7-2)17-8-10-18(27)11-9-17/h6,8-13,19H,1,7,14-15H2,2-5H3/t19-/m0/s1. The Kier molecular flexibility index (Phi) is 6.96. The zero-order chi connectivity index (χ0) is 26.3. The molecule has 2 heterocycles. The van der Waals surface area contributed by atoms with Gasteiger partial charge in [0.25, 0.3) is 0 Å². The Bertz CT molecular complexity index is 1410. The number of carbonyl (C=O) groups excluding carboxylic acids is 1. The number of fused-ring (bicyclic) bond motifs is 1. The van der Waals surface area contributed by atoms with Crippen LogP contribution in [0.25, 0.3) is 28.4 Å². The van der Waals surface area contributed by atoms with Crippen LogP contribution in [0.1, 0.15) is 36.7 Å². The number of sulfonamides is 1. The van der Waals surface area contributed by atoms with E-state index in [2.05, 4.69) is 6.58 Å². The summed E-state index contributed by atoms with van der Waals surface area (Å²) in [6.45, 7) is 9.42. The third-order valence-corrected chi connectivity index (χ3v) is 6.90. The van der Waals surface area contributed by atoms with Gasteiger partial charge in [0.05, 0.1) is 31.7 Å². The van der Waals surface area contributed by atoms with E-state index < -0.39 is 33.7 Å². The van der Waals surface area contributed by atoms with E-state index in [9.17, 15) is 17.6 Å². The summed E-state index contributed by atoms with van der Waals surface area (Å²) in [6.07, 6.45) is 2.10. The van der Waals surface area contributed by atoms with E-state index in [1.165, 1.54) is 34.6 Å². The molecule has 36 heavy (non-hydrogen) atoms. The lowest BCUT2D eigenvalue weighted by Crippen LogP contribution is -2.39. The minimum absolute atomic E-state index is 0.00483. The van der Waals surface area contributed by atoms with Crippen molar-refractivity contribution in [2.45, 2.75) is 32.7 Å². The number of rotatable bonds is 8. The molecule has 4 rings (SSSR count). The van der Waals surface area contributed by atoms with Crippen LogP contribution in [0.5, 0.6) is 0 Å². The number of furan rings is 1. The highest BCUT2D eigenvalue weighted by molar-refractivity contribution is 7.92. The van der Waals surface area contributed by atoms with Gasteiger partial charge in [0.2, 0.25) is 10.0 Å². The summed E-state index contributed by atoms with van der Waals surface area (Å²) in [5.41, 5.74) is 1.66. The normalized spacial score (nSPS) is 17.3. The summed E-state index contributed by atoms with van der Waals surface area (Å²) in [7, 11) is -3.75. The average Bonchev–Trinajstić information content (AvgIpc) is 3.35. The van der Waals surface area contributed by atoms with Crippen molar-refractivity contribution in [2.24, 2.45) is 0 Å². The molecule has 0 radical (unpaired) electrons. The molecule has 3 aromatic rings. The van der Waals surface area contributed by atoms with Crippen LogP contribution in [0.4, 0.5) is 10.1 Å². The number of carbonyl (C=O) groups is 1. The van der Waals surface area contributed by atoms with Crippen LogP contribution in [0.15, 0.2) is 47.4 Å². The molecule has 1 atom stereocenters. The van der Waals surface area contributed by atoms with Crippen molar-refractivity contribution in [1.82, 2.24) is 0 Å². The number of hydrogen-bond acceptors (Lipinski definition) is 7. The van der Waals surface area contributed by atoms with Gasteiger partial charge in [-0.3, -0.25) is 4.31 Å². The van der Waals surface area contributed by atoms with E-state index in [1.807, 2.05) is 0 Å². The second kappa shape index (κ2) is 9.68. The molecule has 1 fully saturated rings. The third kappa shape index (κ3) is 5.16. The largest absolute Gasteiger partial charge is 0.462 e. The summed E-state index contributed by atoms with van der Waals surface area (Å²) in [6, 6.07) is 8.68. The van der Waals surface area contributed by atoms with Crippen molar-refractivity contribution in [1.29, 1.82) is 0 Å². The van der Waals surface area contributed by atoms with Gasteiger partial charge in [0.15, 0.2) is 5.79 Å². The molecule has 1 aromatic heterocycles. The van der Waals surface area contributed by atoms with Crippen LogP contribution in [0, 0.1) is 5.82 Å². The smallest absolute Gasteiger partial charge is 0.342 e. The molecule has 1 aliphatic heterocycles. The van der Waals surface area contributed by atoms with Gasteiger partial charge in [-0.2, -0.15) is 0 Å². The van der Waals surface area contributed by atoms with Crippen LogP contribution in [-0.4, -0.2) is 52.3 Å². The van der Waals surface area contributed by atoms with Gasteiger partial charge in [-0.15, -0.1) is 0 Å². The number of esters is 1. The molecule has 0 saturated carbocycles. The highest BCUT2D eigenvalue weighted by Crippen LogP contribution is 2.39.